The number of hydrogen-bond donors (Lipinski definition) is 0. The molecule has 0 aromatic heterocycles. The Hall–Kier alpha value is -2.00. The fourth-order valence-electron chi connectivity index (χ4n) is 5.11. The van der Waals surface area contributed by atoms with Gasteiger partial charge in [0.25, 0.3) is 0 Å². The van der Waals surface area contributed by atoms with Gasteiger partial charge in [-0.15, -0.1) is 0 Å². The lowest BCUT2D eigenvalue weighted by atomic mass is 9.99. The van der Waals surface area contributed by atoms with Crippen molar-refractivity contribution < 1.29 is 4.42 Å². The Morgan fingerprint density at radius 3 is 2.34 bits per heavy atom. The Kier molecular flexibility index (Phi) is 5.03. The van der Waals surface area contributed by atoms with E-state index in [4.69, 9.17) is 16.0 Å². The van der Waals surface area contributed by atoms with Crippen LogP contribution in [-0.2, 0) is 0 Å². The molecule has 0 unspecified atom stereocenters. The first-order valence-corrected chi connectivity index (χ1v) is 11.5. The number of benzene rings is 2. The molecule has 152 valence electrons. The van der Waals surface area contributed by atoms with Gasteiger partial charge in [-0.05, 0) is 56.7 Å². The highest BCUT2D eigenvalue weighted by Crippen LogP contribution is 2.41. The predicted molar refractivity (Wildman–Crippen MR) is 122 cm³/mol. The molecule has 0 N–H and O–H groups in total. The zero-order chi connectivity index (χ0) is 20.0. The largest absolute Gasteiger partial charge is 0.456 e. The summed E-state index contributed by atoms with van der Waals surface area (Å²) < 4.78 is 9.00. The van der Waals surface area contributed by atoms with E-state index in [-0.39, 0.29) is 0 Å². The first-order chi connectivity index (χ1) is 14.1. The molecular weight excluding hydrogens is 380 g/mol. The molecule has 3 nitrogen and oxygen atoms in total. The average molecular weight is 410 g/mol. The van der Waals surface area contributed by atoms with Gasteiger partial charge in [0.05, 0.1) is 11.1 Å². The fraction of sp³-hybridized carbons (Fsp3) is 0.480. The van der Waals surface area contributed by atoms with Crippen LogP contribution in [0.25, 0.3) is 22.3 Å². The minimum absolute atomic E-state index is 0.826. The number of rotatable bonds is 1. The second-order valence-corrected chi connectivity index (χ2v) is 9.16. The van der Waals surface area contributed by atoms with E-state index in [1.165, 1.54) is 60.7 Å². The lowest BCUT2D eigenvalue weighted by Gasteiger charge is -2.29. The molecule has 0 amide bonds. The molecular formula is C25H30ClN2O+. The Morgan fingerprint density at radius 1 is 0.862 bits per heavy atom. The van der Waals surface area contributed by atoms with Gasteiger partial charge in [0.15, 0.2) is 0 Å². The van der Waals surface area contributed by atoms with Gasteiger partial charge in [-0.3, -0.25) is 0 Å². The lowest BCUT2D eigenvalue weighted by Crippen LogP contribution is -2.34. The normalized spacial score (nSPS) is 18.0. The van der Waals surface area contributed by atoms with Crippen molar-refractivity contribution in [3.8, 4) is 11.3 Å². The van der Waals surface area contributed by atoms with E-state index < -0.39 is 0 Å². The summed E-state index contributed by atoms with van der Waals surface area (Å²) in [6.45, 7) is 8.82. The molecule has 1 aliphatic carbocycles. The molecule has 0 bridgehead atoms. The first-order valence-electron chi connectivity index (χ1n) is 11.1. The highest BCUT2D eigenvalue weighted by molar-refractivity contribution is 6.38. The molecule has 1 aromatic carbocycles. The molecule has 0 atom stereocenters. The molecule has 0 radical (unpaired) electrons. The summed E-state index contributed by atoms with van der Waals surface area (Å²) in [5, 5.41) is 3.14. The molecule has 3 aliphatic heterocycles. The monoisotopic (exact) mass is 409 g/mol. The molecule has 2 fully saturated rings. The molecule has 4 aliphatic rings. The summed E-state index contributed by atoms with van der Waals surface area (Å²) in [6.07, 6.45) is 7.75. The van der Waals surface area contributed by atoms with Crippen molar-refractivity contribution in [1.82, 2.24) is 4.58 Å². The molecule has 5 rings (SSSR count). The summed E-state index contributed by atoms with van der Waals surface area (Å²) >= 11 is 6.97. The maximum atomic E-state index is 6.97. The number of aryl methyl sites for hydroxylation is 2. The van der Waals surface area contributed by atoms with Crippen LogP contribution < -0.4 is 14.8 Å². The summed E-state index contributed by atoms with van der Waals surface area (Å²) in [4.78, 5) is 2.49. The maximum Gasteiger partial charge on any atom is 0.203 e. The van der Waals surface area contributed by atoms with Crippen LogP contribution in [0.3, 0.4) is 0 Å². The van der Waals surface area contributed by atoms with E-state index in [2.05, 4.69) is 47.6 Å². The van der Waals surface area contributed by atoms with Crippen molar-refractivity contribution in [3.05, 3.63) is 45.8 Å². The van der Waals surface area contributed by atoms with Gasteiger partial charge >= 0.3 is 0 Å². The second kappa shape index (κ2) is 7.68. The van der Waals surface area contributed by atoms with Gasteiger partial charge in [-0.2, -0.15) is 0 Å². The molecule has 29 heavy (non-hydrogen) atoms. The van der Waals surface area contributed by atoms with Crippen LogP contribution in [0, 0.1) is 13.8 Å². The van der Waals surface area contributed by atoms with Gasteiger partial charge in [-0.1, -0.05) is 11.6 Å². The topological polar surface area (TPSA) is 19.4 Å². The van der Waals surface area contributed by atoms with Crippen LogP contribution >= 0.6 is 11.6 Å². The van der Waals surface area contributed by atoms with Gasteiger partial charge in [0.1, 0.15) is 24.4 Å². The highest BCUT2D eigenvalue weighted by Gasteiger charge is 2.22. The molecule has 0 spiro atoms. The number of anilines is 1. The van der Waals surface area contributed by atoms with Gasteiger partial charge in [0.2, 0.25) is 5.36 Å². The molecule has 4 heteroatoms. The standard InChI is InChI=1S/C25H30ClN2O/c1-17-13-19(27-9-5-3-6-10-27)15-21-23(17)25(26)24-18(2)14-20(16-22(24)29-21)28-11-7-4-8-12-28/h13-16H,3-12H2,1-2H3/q+1. The number of piperidine rings is 2. The third-order valence-electron chi connectivity index (χ3n) is 6.67. The molecule has 0 saturated carbocycles. The maximum absolute atomic E-state index is 6.97. The first kappa shape index (κ1) is 19.0. The second-order valence-electron chi connectivity index (χ2n) is 8.78. The zero-order valence-corrected chi connectivity index (χ0v) is 18.3. The number of halogens is 1. The molecule has 3 heterocycles. The van der Waals surface area contributed by atoms with Gasteiger partial charge in [0, 0.05) is 54.7 Å². The van der Waals surface area contributed by atoms with Crippen LogP contribution in [0.15, 0.2) is 28.7 Å². The summed E-state index contributed by atoms with van der Waals surface area (Å²) in [6, 6.07) is 8.94. The highest BCUT2D eigenvalue weighted by atomic mass is 35.5. The fourth-order valence-corrected chi connectivity index (χ4v) is 5.59. The number of hydrogen-bond acceptors (Lipinski definition) is 2. The van der Waals surface area contributed by atoms with Crippen LogP contribution in [0.2, 0.25) is 5.02 Å². The third kappa shape index (κ3) is 3.44. The lowest BCUT2D eigenvalue weighted by molar-refractivity contribution is 0.451. The van der Waals surface area contributed by atoms with Crippen LogP contribution in [0.5, 0.6) is 0 Å². The Labute approximate surface area is 177 Å². The minimum Gasteiger partial charge on any atom is -0.456 e. The predicted octanol–water partition coefficient (Wildman–Crippen LogP) is 5.75. The Balaban J connectivity index is 1.73. The SMILES string of the molecule is Cc1cc(=[N+]2CCCCC2)cc2oc3cc(N4CCCCC4)cc(C)c3c(Cl)c1-2. The van der Waals surface area contributed by atoms with Crippen LogP contribution in [-0.4, -0.2) is 26.2 Å². The van der Waals surface area contributed by atoms with E-state index in [1.54, 1.807) is 0 Å². The summed E-state index contributed by atoms with van der Waals surface area (Å²) in [5.74, 6) is 0.901. The summed E-state index contributed by atoms with van der Waals surface area (Å²) in [7, 11) is 0. The van der Waals surface area contributed by atoms with Crippen molar-refractivity contribution in [3.63, 3.8) is 0 Å². The van der Waals surface area contributed by atoms with E-state index in [0.717, 1.165) is 53.5 Å². The van der Waals surface area contributed by atoms with E-state index in [1.807, 2.05) is 0 Å². The number of nitrogens with zero attached hydrogens (tertiary/aromatic N) is 2. The van der Waals surface area contributed by atoms with Crippen molar-refractivity contribution in [2.45, 2.75) is 52.4 Å². The van der Waals surface area contributed by atoms with Crippen molar-refractivity contribution in [2.24, 2.45) is 0 Å². The quantitative estimate of drug-likeness (QED) is 0.376. The smallest absolute Gasteiger partial charge is 0.203 e. The zero-order valence-electron chi connectivity index (χ0n) is 17.6. The third-order valence-corrected chi connectivity index (χ3v) is 7.05. The van der Waals surface area contributed by atoms with E-state index in [0.29, 0.717) is 0 Å². The minimum atomic E-state index is 0.826. The van der Waals surface area contributed by atoms with E-state index in [9.17, 15) is 0 Å². The van der Waals surface area contributed by atoms with Crippen molar-refractivity contribution in [2.75, 3.05) is 31.1 Å². The average Bonchev–Trinajstić information content (AvgIpc) is 2.74. The Morgan fingerprint density at radius 2 is 1.59 bits per heavy atom. The van der Waals surface area contributed by atoms with Gasteiger partial charge in [-0.25, -0.2) is 4.58 Å². The van der Waals surface area contributed by atoms with Crippen molar-refractivity contribution in [1.29, 1.82) is 0 Å². The van der Waals surface area contributed by atoms with Gasteiger partial charge < -0.3 is 9.32 Å². The number of fused-ring (bicyclic) bond motifs is 2. The van der Waals surface area contributed by atoms with Crippen molar-refractivity contribution >= 4 is 28.3 Å². The Bertz CT molecular complexity index is 1100. The molecule has 1 aromatic rings. The van der Waals surface area contributed by atoms with E-state index >= 15 is 0 Å². The summed E-state index contributed by atoms with van der Waals surface area (Å²) in [5.41, 5.74) is 5.60. The van der Waals surface area contributed by atoms with Crippen LogP contribution in [0.4, 0.5) is 5.69 Å². The molecule has 2 saturated heterocycles. The van der Waals surface area contributed by atoms with Crippen LogP contribution in [0.1, 0.15) is 49.7 Å².